The smallest absolute Gasteiger partial charge is 0.191 e. The van der Waals surface area contributed by atoms with E-state index >= 15 is 0 Å². The van der Waals surface area contributed by atoms with Crippen LogP contribution in [0.3, 0.4) is 0 Å². The molecule has 0 radical (unpaired) electrons. The molecule has 3 aromatic rings. The Kier molecular flexibility index (Phi) is 5.08. The van der Waals surface area contributed by atoms with Crippen LogP contribution in [0.5, 0.6) is 0 Å². The number of H-pyrrole nitrogens is 1. The van der Waals surface area contributed by atoms with Gasteiger partial charge in [-0.3, -0.25) is 5.10 Å². The van der Waals surface area contributed by atoms with Crippen LogP contribution in [0.4, 0.5) is 0 Å². The van der Waals surface area contributed by atoms with Crippen molar-refractivity contribution in [1.82, 2.24) is 40.6 Å². The van der Waals surface area contributed by atoms with Crippen molar-refractivity contribution in [1.29, 1.82) is 0 Å². The van der Waals surface area contributed by atoms with E-state index in [2.05, 4.69) is 55.0 Å². The van der Waals surface area contributed by atoms with Crippen LogP contribution < -0.4 is 10.6 Å². The molecule has 9 heteroatoms. The van der Waals surface area contributed by atoms with Gasteiger partial charge in [-0.15, -0.1) is 0 Å². The maximum atomic E-state index is 4.75. The van der Waals surface area contributed by atoms with Crippen molar-refractivity contribution in [2.24, 2.45) is 4.99 Å². The molecule has 0 saturated carbocycles. The summed E-state index contributed by atoms with van der Waals surface area (Å²) in [6.45, 7) is 4.27. The van der Waals surface area contributed by atoms with Crippen molar-refractivity contribution in [2.75, 3.05) is 6.54 Å². The Bertz CT molecular complexity index is 897. The van der Waals surface area contributed by atoms with Gasteiger partial charge in [0.05, 0.1) is 13.1 Å². The molecule has 3 N–H and O–H groups in total. The molecule has 4 rings (SSSR count). The van der Waals surface area contributed by atoms with Crippen LogP contribution in [0.2, 0.25) is 0 Å². The molecule has 0 saturated heterocycles. The van der Waals surface area contributed by atoms with Gasteiger partial charge >= 0.3 is 0 Å². The molecule has 140 valence electrons. The summed E-state index contributed by atoms with van der Waals surface area (Å²) in [6.07, 6.45) is 5.08. The summed E-state index contributed by atoms with van der Waals surface area (Å²) in [5.41, 5.74) is 2.12. The fourth-order valence-corrected chi connectivity index (χ4v) is 3.20. The van der Waals surface area contributed by atoms with Crippen LogP contribution in [0.1, 0.15) is 24.7 Å². The average Bonchev–Trinajstić information content (AvgIpc) is 3.38. The monoisotopic (exact) mass is 365 g/mol. The number of hydrogen-bond acceptors (Lipinski definition) is 5. The molecule has 1 unspecified atom stereocenters. The van der Waals surface area contributed by atoms with Crippen molar-refractivity contribution in [2.45, 2.75) is 38.9 Å². The molecular weight excluding hydrogens is 342 g/mol. The fourth-order valence-electron chi connectivity index (χ4n) is 3.20. The Balaban J connectivity index is 1.43. The second-order valence-corrected chi connectivity index (χ2v) is 6.47. The Hall–Kier alpha value is -3.23. The second kappa shape index (κ2) is 7.98. The Morgan fingerprint density at radius 3 is 3.15 bits per heavy atom. The molecule has 0 bridgehead atoms. The zero-order valence-corrected chi connectivity index (χ0v) is 15.3. The first-order valence-electron chi connectivity index (χ1n) is 9.18. The lowest BCUT2D eigenvalue weighted by Gasteiger charge is -2.25. The summed E-state index contributed by atoms with van der Waals surface area (Å²) in [4.78, 5) is 13.2. The second-order valence-electron chi connectivity index (χ2n) is 6.47. The van der Waals surface area contributed by atoms with Crippen LogP contribution in [0, 0.1) is 0 Å². The van der Waals surface area contributed by atoms with Crippen LogP contribution in [-0.2, 0) is 19.5 Å². The molecule has 0 aliphatic carbocycles. The molecule has 9 nitrogen and oxygen atoms in total. The van der Waals surface area contributed by atoms with Gasteiger partial charge in [0.25, 0.3) is 0 Å². The Labute approximate surface area is 157 Å². The van der Waals surface area contributed by atoms with E-state index in [9.17, 15) is 0 Å². The van der Waals surface area contributed by atoms with E-state index in [1.54, 1.807) is 6.33 Å². The number of aromatic nitrogens is 6. The first-order chi connectivity index (χ1) is 13.3. The third-order valence-corrected chi connectivity index (χ3v) is 4.53. The molecular formula is C18H23N9. The molecule has 2 aromatic heterocycles. The van der Waals surface area contributed by atoms with Gasteiger partial charge in [0.2, 0.25) is 0 Å². The van der Waals surface area contributed by atoms with E-state index in [1.165, 1.54) is 6.33 Å². The number of benzene rings is 1. The van der Waals surface area contributed by atoms with Gasteiger partial charge in [-0.05, 0) is 25.0 Å². The minimum atomic E-state index is 0.289. The van der Waals surface area contributed by atoms with Gasteiger partial charge < -0.3 is 10.6 Å². The summed E-state index contributed by atoms with van der Waals surface area (Å²) in [5.74, 6) is 2.63. The highest BCUT2D eigenvalue weighted by atomic mass is 15.4. The topological polar surface area (TPSA) is 109 Å². The summed E-state index contributed by atoms with van der Waals surface area (Å²) in [6, 6.07) is 8.45. The number of aromatic amines is 1. The van der Waals surface area contributed by atoms with E-state index in [0.29, 0.717) is 6.54 Å². The SMILES string of the molecule is CCNC(=NCc1cccc(-c2ncn[nH]2)c1)NC1CCc2ncnn2C1. The van der Waals surface area contributed by atoms with Gasteiger partial charge in [0.15, 0.2) is 11.8 Å². The Morgan fingerprint density at radius 2 is 2.30 bits per heavy atom. The summed E-state index contributed by atoms with van der Waals surface area (Å²) in [7, 11) is 0. The fraction of sp³-hybridized carbons (Fsp3) is 0.389. The molecule has 27 heavy (non-hydrogen) atoms. The largest absolute Gasteiger partial charge is 0.357 e. The number of aliphatic imine (C=N–C) groups is 1. The van der Waals surface area contributed by atoms with E-state index in [4.69, 9.17) is 4.99 Å². The predicted octanol–water partition coefficient (Wildman–Crippen LogP) is 1.13. The highest BCUT2D eigenvalue weighted by molar-refractivity contribution is 5.80. The number of fused-ring (bicyclic) bond motifs is 1. The number of nitrogens with one attached hydrogen (secondary N) is 3. The molecule has 0 fully saturated rings. The maximum absolute atomic E-state index is 4.75. The van der Waals surface area contributed by atoms with E-state index < -0.39 is 0 Å². The first-order valence-corrected chi connectivity index (χ1v) is 9.18. The molecule has 0 amide bonds. The number of aryl methyl sites for hydroxylation is 1. The number of hydrogen-bond donors (Lipinski definition) is 3. The van der Waals surface area contributed by atoms with E-state index in [0.717, 1.165) is 54.7 Å². The number of nitrogens with zero attached hydrogens (tertiary/aromatic N) is 6. The third-order valence-electron chi connectivity index (χ3n) is 4.53. The highest BCUT2D eigenvalue weighted by Crippen LogP contribution is 2.16. The van der Waals surface area contributed by atoms with Gasteiger partial charge in [-0.2, -0.15) is 10.2 Å². The van der Waals surface area contributed by atoms with Crippen LogP contribution >= 0.6 is 0 Å². The van der Waals surface area contributed by atoms with Crippen molar-refractivity contribution in [3.8, 4) is 11.4 Å². The molecule has 1 aliphatic rings. The van der Waals surface area contributed by atoms with Gasteiger partial charge in [-0.25, -0.2) is 19.6 Å². The average molecular weight is 365 g/mol. The summed E-state index contributed by atoms with van der Waals surface area (Å²) >= 11 is 0. The lowest BCUT2D eigenvalue weighted by molar-refractivity contribution is 0.392. The van der Waals surface area contributed by atoms with Gasteiger partial charge in [-0.1, -0.05) is 18.2 Å². The lowest BCUT2D eigenvalue weighted by Crippen LogP contribution is -2.47. The number of guanidine groups is 1. The normalized spacial score (nSPS) is 16.8. The predicted molar refractivity (Wildman–Crippen MR) is 102 cm³/mol. The lowest BCUT2D eigenvalue weighted by atomic mass is 10.1. The minimum absolute atomic E-state index is 0.289. The first kappa shape index (κ1) is 17.2. The van der Waals surface area contributed by atoms with Crippen LogP contribution in [0.15, 0.2) is 41.9 Å². The summed E-state index contributed by atoms with van der Waals surface area (Å²) in [5, 5.41) is 17.9. The van der Waals surface area contributed by atoms with Gasteiger partial charge in [0, 0.05) is 24.6 Å². The summed E-state index contributed by atoms with van der Waals surface area (Å²) < 4.78 is 1.96. The zero-order chi connectivity index (χ0) is 18.5. The van der Waals surface area contributed by atoms with E-state index in [1.807, 2.05) is 16.8 Å². The zero-order valence-electron chi connectivity index (χ0n) is 15.3. The minimum Gasteiger partial charge on any atom is -0.357 e. The van der Waals surface area contributed by atoms with Crippen molar-refractivity contribution in [3.05, 3.63) is 48.3 Å². The van der Waals surface area contributed by atoms with Crippen molar-refractivity contribution < 1.29 is 0 Å². The third kappa shape index (κ3) is 4.13. The maximum Gasteiger partial charge on any atom is 0.191 e. The van der Waals surface area contributed by atoms with Crippen LogP contribution in [-0.4, -0.2) is 48.5 Å². The number of rotatable bonds is 5. The molecule has 3 heterocycles. The Morgan fingerprint density at radius 1 is 1.33 bits per heavy atom. The van der Waals surface area contributed by atoms with Gasteiger partial charge in [0.1, 0.15) is 18.5 Å². The molecule has 1 aromatic carbocycles. The van der Waals surface area contributed by atoms with Crippen molar-refractivity contribution in [3.63, 3.8) is 0 Å². The van der Waals surface area contributed by atoms with E-state index in [-0.39, 0.29) is 6.04 Å². The molecule has 0 spiro atoms. The molecule has 1 aliphatic heterocycles. The standard InChI is InChI=1S/C18H23N9/c1-2-19-18(25-15-6-7-16-21-12-24-27(16)10-15)20-9-13-4-3-5-14(8-13)17-22-11-23-26-17/h3-5,8,11-12,15H,2,6-7,9-10H2,1H3,(H2,19,20,25)(H,22,23,26). The highest BCUT2D eigenvalue weighted by Gasteiger charge is 2.20. The quantitative estimate of drug-likeness (QED) is 0.462. The van der Waals surface area contributed by atoms with Crippen LogP contribution in [0.25, 0.3) is 11.4 Å². The van der Waals surface area contributed by atoms with Crippen molar-refractivity contribution >= 4 is 5.96 Å². The molecule has 1 atom stereocenters.